The summed E-state index contributed by atoms with van der Waals surface area (Å²) < 4.78 is 11.0. The minimum atomic E-state index is -0.363. The van der Waals surface area contributed by atoms with Gasteiger partial charge in [0.1, 0.15) is 19.0 Å². The molecule has 26 heavy (non-hydrogen) atoms. The highest BCUT2D eigenvalue weighted by molar-refractivity contribution is 5.87. The van der Waals surface area contributed by atoms with Gasteiger partial charge in [-0.1, -0.05) is 72.8 Å². The van der Waals surface area contributed by atoms with E-state index in [1.165, 1.54) is 6.08 Å². The van der Waals surface area contributed by atoms with Gasteiger partial charge in [0, 0.05) is 6.08 Å². The summed E-state index contributed by atoms with van der Waals surface area (Å²) in [6.07, 6.45) is 3.18. The molecule has 0 radical (unpaired) electrons. The Kier molecular flexibility index (Phi) is 6.21. The van der Waals surface area contributed by atoms with E-state index >= 15 is 0 Å². The zero-order valence-electron chi connectivity index (χ0n) is 14.4. The maximum atomic E-state index is 11.8. The molecular formula is C23H20O3. The second-order valence-electron chi connectivity index (χ2n) is 5.77. The van der Waals surface area contributed by atoms with E-state index in [9.17, 15) is 4.79 Å². The Labute approximate surface area is 153 Å². The van der Waals surface area contributed by atoms with Gasteiger partial charge in [-0.15, -0.1) is 0 Å². The first-order valence-electron chi connectivity index (χ1n) is 8.45. The highest BCUT2D eigenvalue weighted by Crippen LogP contribution is 2.15. The van der Waals surface area contributed by atoms with Crippen molar-refractivity contribution in [1.29, 1.82) is 0 Å². The SMILES string of the molecule is O=C(/C=C/c1ccccc1)OCc1ccc(OCc2ccccc2)cc1. The zero-order valence-corrected chi connectivity index (χ0v) is 14.4. The van der Waals surface area contributed by atoms with Gasteiger partial charge in [-0.2, -0.15) is 0 Å². The van der Waals surface area contributed by atoms with Crippen molar-refractivity contribution in [3.8, 4) is 5.75 Å². The van der Waals surface area contributed by atoms with Crippen LogP contribution < -0.4 is 4.74 Å². The predicted molar refractivity (Wildman–Crippen MR) is 102 cm³/mol. The fourth-order valence-corrected chi connectivity index (χ4v) is 2.35. The van der Waals surface area contributed by atoms with Crippen molar-refractivity contribution in [2.75, 3.05) is 0 Å². The molecule has 0 aliphatic carbocycles. The van der Waals surface area contributed by atoms with Crippen LogP contribution in [-0.2, 0) is 22.7 Å². The van der Waals surface area contributed by atoms with Gasteiger partial charge in [-0.25, -0.2) is 4.79 Å². The summed E-state index contributed by atoms with van der Waals surface area (Å²) in [5.74, 6) is 0.422. The van der Waals surface area contributed by atoms with E-state index in [4.69, 9.17) is 9.47 Å². The Hall–Kier alpha value is -3.33. The molecule has 130 valence electrons. The van der Waals surface area contributed by atoms with Gasteiger partial charge in [-0.3, -0.25) is 0 Å². The quantitative estimate of drug-likeness (QED) is 0.446. The first-order chi connectivity index (χ1) is 12.8. The highest BCUT2D eigenvalue weighted by Gasteiger charge is 2.01. The van der Waals surface area contributed by atoms with Crippen molar-refractivity contribution in [3.05, 3.63) is 108 Å². The van der Waals surface area contributed by atoms with Crippen LogP contribution in [-0.4, -0.2) is 5.97 Å². The zero-order chi connectivity index (χ0) is 18.0. The van der Waals surface area contributed by atoms with Crippen molar-refractivity contribution in [2.24, 2.45) is 0 Å². The van der Waals surface area contributed by atoms with E-state index in [0.29, 0.717) is 6.61 Å². The van der Waals surface area contributed by atoms with Crippen molar-refractivity contribution in [3.63, 3.8) is 0 Å². The molecule has 0 amide bonds. The summed E-state index contributed by atoms with van der Waals surface area (Å²) in [6, 6.07) is 27.2. The molecule has 0 saturated carbocycles. The van der Waals surface area contributed by atoms with Crippen LogP contribution in [0, 0.1) is 0 Å². The normalized spacial score (nSPS) is 10.6. The molecule has 0 atom stereocenters. The number of rotatable bonds is 7. The summed E-state index contributed by atoms with van der Waals surface area (Å²) in [5, 5.41) is 0. The predicted octanol–water partition coefficient (Wildman–Crippen LogP) is 5.02. The molecule has 0 unspecified atom stereocenters. The maximum absolute atomic E-state index is 11.8. The molecular weight excluding hydrogens is 324 g/mol. The van der Waals surface area contributed by atoms with E-state index in [1.807, 2.05) is 84.9 Å². The fourth-order valence-electron chi connectivity index (χ4n) is 2.35. The standard InChI is InChI=1S/C23H20O3/c24-23(16-13-19-7-3-1-4-8-19)26-18-21-11-14-22(15-12-21)25-17-20-9-5-2-6-10-20/h1-16H,17-18H2/b16-13+. The molecule has 3 heteroatoms. The topological polar surface area (TPSA) is 35.5 Å². The number of esters is 1. The average Bonchev–Trinajstić information content (AvgIpc) is 2.71. The molecule has 0 aliphatic rings. The monoisotopic (exact) mass is 344 g/mol. The lowest BCUT2D eigenvalue weighted by atomic mass is 10.2. The third kappa shape index (κ3) is 5.64. The Bertz CT molecular complexity index is 838. The Balaban J connectivity index is 1.45. The van der Waals surface area contributed by atoms with Gasteiger partial charge < -0.3 is 9.47 Å². The second kappa shape index (κ2) is 9.23. The van der Waals surface area contributed by atoms with Crippen molar-refractivity contribution >= 4 is 12.0 Å². The molecule has 0 bridgehead atoms. The third-order valence-electron chi connectivity index (χ3n) is 3.76. The number of carbonyl (C=O) groups excluding carboxylic acids is 1. The van der Waals surface area contributed by atoms with Crippen LogP contribution in [0.4, 0.5) is 0 Å². The Morgan fingerprint density at radius 2 is 1.35 bits per heavy atom. The van der Waals surface area contributed by atoms with Crippen LogP contribution in [0.2, 0.25) is 0 Å². The van der Waals surface area contributed by atoms with E-state index in [0.717, 1.165) is 22.4 Å². The smallest absolute Gasteiger partial charge is 0.331 e. The molecule has 3 aromatic carbocycles. The molecule has 0 saturated heterocycles. The number of carbonyl (C=O) groups is 1. The first-order valence-corrected chi connectivity index (χ1v) is 8.45. The van der Waals surface area contributed by atoms with Crippen LogP contribution in [0.15, 0.2) is 91.0 Å². The van der Waals surface area contributed by atoms with Gasteiger partial charge in [-0.05, 0) is 34.9 Å². The lowest BCUT2D eigenvalue weighted by Crippen LogP contribution is -2.01. The molecule has 0 aliphatic heterocycles. The molecule has 3 aromatic rings. The van der Waals surface area contributed by atoms with Crippen molar-refractivity contribution in [1.82, 2.24) is 0 Å². The van der Waals surface area contributed by atoms with Gasteiger partial charge in [0.25, 0.3) is 0 Å². The number of ether oxygens (including phenoxy) is 2. The fraction of sp³-hybridized carbons (Fsp3) is 0.0870. The van der Waals surface area contributed by atoms with Crippen LogP contribution >= 0.6 is 0 Å². The second-order valence-corrected chi connectivity index (χ2v) is 5.77. The van der Waals surface area contributed by atoms with E-state index < -0.39 is 0 Å². The molecule has 0 aromatic heterocycles. The van der Waals surface area contributed by atoms with Gasteiger partial charge in [0.15, 0.2) is 0 Å². The summed E-state index contributed by atoms with van der Waals surface area (Å²) in [4.78, 5) is 11.8. The molecule has 0 spiro atoms. The van der Waals surface area contributed by atoms with E-state index in [1.54, 1.807) is 6.08 Å². The van der Waals surface area contributed by atoms with Gasteiger partial charge >= 0.3 is 5.97 Å². The largest absolute Gasteiger partial charge is 0.489 e. The summed E-state index contributed by atoms with van der Waals surface area (Å²) in [6.45, 7) is 0.760. The minimum Gasteiger partial charge on any atom is -0.489 e. The lowest BCUT2D eigenvalue weighted by molar-refractivity contribution is -0.138. The van der Waals surface area contributed by atoms with Crippen LogP contribution in [0.3, 0.4) is 0 Å². The molecule has 3 nitrogen and oxygen atoms in total. The lowest BCUT2D eigenvalue weighted by Gasteiger charge is -2.07. The Morgan fingerprint density at radius 1 is 0.731 bits per heavy atom. The van der Waals surface area contributed by atoms with E-state index in [2.05, 4.69) is 0 Å². The van der Waals surface area contributed by atoms with Crippen LogP contribution in [0.1, 0.15) is 16.7 Å². The molecule has 0 fully saturated rings. The average molecular weight is 344 g/mol. The highest BCUT2D eigenvalue weighted by atomic mass is 16.5. The summed E-state index contributed by atoms with van der Waals surface area (Å²) in [7, 11) is 0. The van der Waals surface area contributed by atoms with E-state index in [-0.39, 0.29) is 12.6 Å². The number of hydrogen-bond acceptors (Lipinski definition) is 3. The van der Waals surface area contributed by atoms with Crippen molar-refractivity contribution < 1.29 is 14.3 Å². The van der Waals surface area contributed by atoms with Crippen LogP contribution in [0.25, 0.3) is 6.08 Å². The summed E-state index contributed by atoms with van der Waals surface area (Å²) >= 11 is 0. The van der Waals surface area contributed by atoms with Gasteiger partial charge in [0.05, 0.1) is 0 Å². The molecule has 0 N–H and O–H groups in total. The van der Waals surface area contributed by atoms with Gasteiger partial charge in [0.2, 0.25) is 0 Å². The number of hydrogen-bond donors (Lipinski definition) is 0. The van der Waals surface area contributed by atoms with Crippen LogP contribution in [0.5, 0.6) is 5.75 Å². The van der Waals surface area contributed by atoms with Crippen molar-refractivity contribution in [2.45, 2.75) is 13.2 Å². The molecule has 3 rings (SSSR count). The number of benzene rings is 3. The Morgan fingerprint density at radius 3 is 2.04 bits per heavy atom. The summed E-state index contributed by atoms with van der Waals surface area (Å²) in [5.41, 5.74) is 3.00. The maximum Gasteiger partial charge on any atom is 0.331 e. The molecule has 0 heterocycles. The third-order valence-corrected chi connectivity index (χ3v) is 3.76. The minimum absolute atomic E-state index is 0.233. The first kappa shape index (κ1) is 17.5.